The van der Waals surface area contributed by atoms with Gasteiger partial charge in [-0.15, -0.1) is 0 Å². The maximum absolute atomic E-state index is 12.5. The number of sulfonamides is 1. The molecular formula is C15H14Cl2N2O4S. The Morgan fingerprint density at radius 1 is 1.08 bits per heavy atom. The van der Waals surface area contributed by atoms with Crippen molar-refractivity contribution in [3.63, 3.8) is 0 Å². The molecule has 2 aromatic rings. The summed E-state index contributed by atoms with van der Waals surface area (Å²) in [5.41, 5.74) is 0.602. The van der Waals surface area contributed by atoms with Gasteiger partial charge in [-0.05, 0) is 36.4 Å². The highest BCUT2D eigenvalue weighted by molar-refractivity contribution is 7.92. The predicted molar refractivity (Wildman–Crippen MR) is 94.6 cm³/mol. The third kappa shape index (κ3) is 4.31. The minimum atomic E-state index is -3.92. The second-order valence-corrected chi connectivity index (χ2v) is 7.27. The van der Waals surface area contributed by atoms with Gasteiger partial charge in [0.2, 0.25) is 5.91 Å². The van der Waals surface area contributed by atoms with Crippen LogP contribution in [0.3, 0.4) is 0 Å². The van der Waals surface area contributed by atoms with Gasteiger partial charge in [-0.1, -0.05) is 23.2 Å². The zero-order valence-corrected chi connectivity index (χ0v) is 15.1. The highest BCUT2D eigenvalue weighted by atomic mass is 35.5. The monoisotopic (exact) mass is 388 g/mol. The van der Waals surface area contributed by atoms with E-state index in [4.69, 9.17) is 27.9 Å². The van der Waals surface area contributed by atoms with Gasteiger partial charge in [-0.2, -0.15) is 0 Å². The summed E-state index contributed by atoms with van der Waals surface area (Å²) in [6.07, 6.45) is 0. The molecule has 0 aliphatic carbocycles. The predicted octanol–water partition coefficient (Wildman–Crippen LogP) is 3.76. The maximum Gasteiger partial charge on any atom is 0.262 e. The summed E-state index contributed by atoms with van der Waals surface area (Å²) in [5.74, 6) is 0.0196. The lowest BCUT2D eigenvalue weighted by atomic mass is 10.2. The van der Waals surface area contributed by atoms with E-state index >= 15 is 0 Å². The van der Waals surface area contributed by atoms with Gasteiger partial charge in [0.1, 0.15) is 5.75 Å². The fourth-order valence-corrected chi connectivity index (χ4v) is 3.37. The Balaban J connectivity index is 2.40. The number of methoxy groups -OCH3 is 1. The van der Waals surface area contributed by atoms with Crippen molar-refractivity contribution in [3.8, 4) is 5.75 Å². The smallest absolute Gasteiger partial charge is 0.262 e. The Bertz CT molecular complexity index is 885. The Morgan fingerprint density at radius 3 is 2.38 bits per heavy atom. The van der Waals surface area contributed by atoms with E-state index in [0.717, 1.165) is 0 Å². The van der Waals surface area contributed by atoms with Crippen LogP contribution in [0.4, 0.5) is 11.4 Å². The third-order valence-electron chi connectivity index (χ3n) is 2.97. The number of rotatable bonds is 5. The molecule has 2 rings (SSSR count). The minimum Gasteiger partial charge on any atom is -0.495 e. The van der Waals surface area contributed by atoms with E-state index in [2.05, 4.69) is 10.0 Å². The van der Waals surface area contributed by atoms with E-state index in [1.807, 2.05) is 0 Å². The zero-order valence-electron chi connectivity index (χ0n) is 12.8. The summed E-state index contributed by atoms with van der Waals surface area (Å²) in [7, 11) is -2.51. The van der Waals surface area contributed by atoms with Gasteiger partial charge in [0.15, 0.2) is 0 Å². The molecule has 128 valence electrons. The van der Waals surface area contributed by atoms with Crippen LogP contribution in [-0.4, -0.2) is 21.4 Å². The molecule has 2 aromatic carbocycles. The lowest BCUT2D eigenvalue weighted by Crippen LogP contribution is -2.14. The van der Waals surface area contributed by atoms with Crippen molar-refractivity contribution in [1.29, 1.82) is 0 Å². The zero-order chi connectivity index (χ0) is 17.9. The van der Waals surface area contributed by atoms with Crippen LogP contribution in [-0.2, 0) is 14.8 Å². The lowest BCUT2D eigenvalue weighted by molar-refractivity contribution is -0.114. The number of nitrogens with one attached hydrogen (secondary N) is 2. The molecule has 6 nitrogen and oxygen atoms in total. The first kappa shape index (κ1) is 18.4. The highest BCUT2D eigenvalue weighted by Crippen LogP contribution is 2.31. The second-order valence-electron chi connectivity index (χ2n) is 4.78. The van der Waals surface area contributed by atoms with Crippen LogP contribution in [0.5, 0.6) is 5.75 Å². The summed E-state index contributed by atoms with van der Waals surface area (Å²) in [5, 5.41) is 2.95. The Kier molecular flexibility index (Phi) is 5.58. The van der Waals surface area contributed by atoms with Crippen molar-refractivity contribution >= 4 is 50.5 Å². The number of carbonyl (C=O) groups is 1. The largest absolute Gasteiger partial charge is 0.495 e. The van der Waals surface area contributed by atoms with Crippen LogP contribution >= 0.6 is 23.2 Å². The lowest BCUT2D eigenvalue weighted by Gasteiger charge is -2.14. The molecule has 0 aromatic heterocycles. The Morgan fingerprint density at radius 2 is 1.79 bits per heavy atom. The van der Waals surface area contributed by atoms with Crippen LogP contribution in [0.25, 0.3) is 0 Å². The fourth-order valence-electron chi connectivity index (χ4n) is 1.92. The Hall–Kier alpha value is -1.96. The minimum absolute atomic E-state index is 0.0520. The number of amides is 1. The molecule has 24 heavy (non-hydrogen) atoms. The molecule has 0 radical (unpaired) electrons. The van der Waals surface area contributed by atoms with Crippen LogP contribution in [0.2, 0.25) is 10.0 Å². The summed E-state index contributed by atoms with van der Waals surface area (Å²) < 4.78 is 32.6. The topological polar surface area (TPSA) is 84.5 Å². The van der Waals surface area contributed by atoms with Gasteiger partial charge in [-0.25, -0.2) is 8.42 Å². The van der Waals surface area contributed by atoms with E-state index in [9.17, 15) is 13.2 Å². The highest BCUT2D eigenvalue weighted by Gasteiger charge is 2.18. The summed E-state index contributed by atoms with van der Waals surface area (Å²) >= 11 is 11.7. The van der Waals surface area contributed by atoms with Crippen molar-refractivity contribution in [2.45, 2.75) is 11.8 Å². The molecule has 0 saturated carbocycles. The van der Waals surface area contributed by atoms with E-state index in [1.165, 1.54) is 44.4 Å². The first-order valence-electron chi connectivity index (χ1n) is 6.66. The number of benzene rings is 2. The van der Waals surface area contributed by atoms with Gasteiger partial charge in [0.05, 0.1) is 27.7 Å². The van der Waals surface area contributed by atoms with E-state index < -0.39 is 10.0 Å². The first-order valence-corrected chi connectivity index (χ1v) is 8.90. The molecule has 2 N–H and O–H groups in total. The molecule has 0 spiro atoms. The number of halogens is 2. The average molecular weight is 389 g/mol. The van der Waals surface area contributed by atoms with Gasteiger partial charge in [-0.3, -0.25) is 9.52 Å². The number of hydrogen-bond donors (Lipinski definition) is 2. The second kappa shape index (κ2) is 7.29. The van der Waals surface area contributed by atoms with Crippen molar-refractivity contribution in [2.24, 2.45) is 0 Å². The molecular weight excluding hydrogens is 375 g/mol. The normalized spacial score (nSPS) is 11.0. The number of anilines is 2. The van der Waals surface area contributed by atoms with Crippen LogP contribution in [0.1, 0.15) is 6.92 Å². The van der Waals surface area contributed by atoms with E-state index in [0.29, 0.717) is 11.4 Å². The first-order chi connectivity index (χ1) is 11.2. The number of ether oxygens (including phenoxy) is 1. The van der Waals surface area contributed by atoms with Crippen molar-refractivity contribution in [1.82, 2.24) is 0 Å². The van der Waals surface area contributed by atoms with Gasteiger partial charge < -0.3 is 10.1 Å². The van der Waals surface area contributed by atoms with Crippen LogP contribution in [0.15, 0.2) is 41.3 Å². The summed E-state index contributed by atoms with van der Waals surface area (Å²) in [4.78, 5) is 11.1. The third-order valence-corrected chi connectivity index (χ3v) is 5.07. The molecule has 0 atom stereocenters. The fraction of sp³-hybridized carbons (Fsp3) is 0.133. The number of carbonyl (C=O) groups excluding carboxylic acids is 1. The summed E-state index contributed by atoms with van der Waals surface area (Å²) in [6, 6.07) is 8.56. The van der Waals surface area contributed by atoms with Crippen molar-refractivity contribution < 1.29 is 17.9 Å². The quantitative estimate of drug-likeness (QED) is 0.816. The van der Waals surface area contributed by atoms with Gasteiger partial charge >= 0.3 is 0 Å². The summed E-state index contributed by atoms with van der Waals surface area (Å²) in [6.45, 7) is 1.35. The molecule has 0 fully saturated rings. The maximum atomic E-state index is 12.5. The van der Waals surface area contributed by atoms with Gasteiger partial charge in [0.25, 0.3) is 10.0 Å². The standard InChI is InChI=1S/C15H14Cl2N2O4S/c1-9(20)18-10-3-6-15(23-2)14(7-10)19-24(21,22)11-4-5-12(16)13(17)8-11/h3-8,19H,1-2H3,(H,18,20). The molecule has 0 unspecified atom stereocenters. The molecule has 1 amide bonds. The van der Waals surface area contributed by atoms with Gasteiger partial charge in [0, 0.05) is 12.6 Å². The molecule has 9 heteroatoms. The van der Waals surface area contributed by atoms with E-state index in [1.54, 1.807) is 6.07 Å². The Labute approximate surface area is 149 Å². The van der Waals surface area contributed by atoms with Crippen molar-refractivity contribution in [2.75, 3.05) is 17.1 Å². The molecule has 0 heterocycles. The van der Waals surface area contributed by atoms with Crippen molar-refractivity contribution in [3.05, 3.63) is 46.4 Å². The molecule has 0 bridgehead atoms. The van der Waals surface area contributed by atoms with Crippen LogP contribution < -0.4 is 14.8 Å². The molecule has 0 saturated heterocycles. The number of hydrogen-bond acceptors (Lipinski definition) is 4. The average Bonchev–Trinajstić information content (AvgIpc) is 2.49. The van der Waals surface area contributed by atoms with E-state index in [-0.39, 0.29) is 26.5 Å². The SMILES string of the molecule is COc1ccc(NC(C)=O)cc1NS(=O)(=O)c1ccc(Cl)c(Cl)c1. The molecule has 0 aliphatic rings. The van der Waals surface area contributed by atoms with Crippen LogP contribution in [0, 0.1) is 0 Å². The molecule has 0 aliphatic heterocycles.